The highest BCUT2D eigenvalue weighted by Crippen LogP contribution is 2.46. The van der Waals surface area contributed by atoms with Gasteiger partial charge in [-0.25, -0.2) is 0 Å². The van der Waals surface area contributed by atoms with Crippen molar-refractivity contribution in [1.29, 1.82) is 0 Å². The van der Waals surface area contributed by atoms with Crippen LogP contribution >= 0.6 is 11.6 Å². The average Bonchev–Trinajstić information content (AvgIpc) is 2.72. The molecule has 28 heavy (non-hydrogen) atoms. The zero-order chi connectivity index (χ0) is 19.5. The highest BCUT2D eigenvalue weighted by atomic mass is 35.5. The Bertz CT molecular complexity index is 939. The molecule has 1 N–H and O–H groups in total. The molecule has 0 spiro atoms. The number of nitrogens with zero attached hydrogens (tertiary/aromatic N) is 1. The van der Waals surface area contributed by atoms with Crippen LogP contribution in [0.25, 0.3) is 0 Å². The lowest BCUT2D eigenvalue weighted by Crippen LogP contribution is -2.55. The summed E-state index contributed by atoms with van der Waals surface area (Å²) in [6.45, 7) is 0. The lowest BCUT2D eigenvalue weighted by molar-refractivity contribution is -0.130. The van der Waals surface area contributed by atoms with Crippen molar-refractivity contribution in [2.75, 3.05) is 4.90 Å². The van der Waals surface area contributed by atoms with E-state index < -0.39 is 0 Å². The first kappa shape index (κ1) is 18.6. The van der Waals surface area contributed by atoms with Gasteiger partial charge in [0.1, 0.15) is 5.75 Å². The van der Waals surface area contributed by atoms with Crippen molar-refractivity contribution in [1.82, 2.24) is 0 Å². The zero-order valence-corrected chi connectivity index (χ0v) is 16.2. The van der Waals surface area contributed by atoms with Gasteiger partial charge in [-0.05, 0) is 66.8 Å². The highest BCUT2D eigenvalue weighted by molar-refractivity contribution is 6.30. The lowest BCUT2D eigenvalue weighted by atomic mass is 9.78. The Morgan fingerprint density at radius 2 is 1.57 bits per heavy atom. The summed E-state index contributed by atoms with van der Waals surface area (Å²) >= 11 is 6.06. The van der Waals surface area contributed by atoms with Crippen LogP contribution in [0, 0.1) is 5.92 Å². The number of amides is 1. The van der Waals surface area contributed by atoms with Crippen LogP contribution in [-0.2, 0) is 11.2 Å². The number of phenolic OH excluding ortho intramolecular Hbond substituents is 1. The molecule has 1 amide bonds. The summed E-state index contributed by atoms with van der Waals surface area (Å²) in [6.07, 6.45) is 2.78. The molecule has 3 aromatic carbocycles. The molecule has 0 saturated carbocycles. The molecular formula is C24H22ClNO2. The van der Waals surface area contributed by atoms with Crippen molar-refractivity contribution < 1.29 is 9.90 Å². The third-order valence-electron chi connectivity index (χ3n) is 5.38. The van der Waals surface area contributed by atoms with Gasteiger partial charge >= 0.3 is 0 Å². The van der Waals surface area contributed by atoms with Crippen LogP contribution in [0.4, 0.5) is 5.69 Å². The van der Waals surface area contributed by atoms with Gasteiger partial charge in [0, 0.05) is 10.7 Å². The zero-order valence-electron chi connectivity index (χ0n) is 15.5. The molecule has 0 aromatic heterocycles. The summed E-state index contributed by atoms with van der Waals surface area (Å²) in [6, 6.07) is 24.9. The van der Waals surface area contributed by atoms with E-state index in [-0.39, 0.29) is 23.6 Å². The summed E-state index contributed by atoms with van der Waals surface area (Å²) in [5.41, 5.74) is 3.19. The molecule has 0 bridgehead atoms. The molecule has 0 unspecified atom stereocenters. The van der Waals surface area contributed by atoms with E-state index in [1.807, 2.05) is 47.4 Å². The minimum Gasteiger partial charge on any atom is -0.508 e. The normalized spacial score (nSPS) is 18.8. The Morgan fingerprint density at radius 1 is 0.893 bits per heavy atom. The third kappa shape index (κ3) is 3.76. The third-order valence-corrected chi connectivity index (χ3v) is 5.63. The first-order valence-corrected chi connectivity index (χ1v) is 9.93. The fourth-order valence-electron chi connectivity index (χ4n) is 3.94. The van der Waals surface area contributed by atoms with Gasteiger partial charge in [-0.3, -0.25) is 4.79 Å². The van der Waals surface area contributed by atoms with Crippen molar-refractivity contribution in [2.45, 2.75) is 25.3 Å². The molecule has 3 nitrogen and oxygen atoms in total. The van der Waals surface area contributed by atoms with E-state index in [9.17, 15) is 9.90 Å². The first-order valence-electron chi connectivity index (χ1n) is 9.55. The Morgan fingerprint density at radius 3 is 2.25 bits per heavy atom. The second-order valence-electron chi connectivity index (χ2n) is 7.21. The molecule has 0 aliphatic carbocycles. The van der Waals surface area contributed by atoms with E-state index in [4.69, 9.17) is 11.6 Å². The number of aromatic hydroxyl groups is 1. The molecule has 1 fully saturated rings. The van der Waals surface area contributed by atoms with Crippen molar-refractivity contribution in [2.24, 2.45) is 5.92 Å². The summed E-state index contributed by atoms with van der Waals surface area (Å²) in [4.78, 5) is 14.8. The van der Waals surface area contributed by atoms with Crippen LogP contribution in [0.5, 0.6) is 5.75 Å². The number of β-lactam (4-membered cyclic amide) rings is 1. The van der Waals surface area contributed by atoms with Crippen LogP contribution in [0.3, 0.4) is 0 Å². The van der Waals surface area contributed by atoms with Crippen LogP contribution in [0.2, 0.25) is 5.02 Å². The molecule has 4 heteroatoms. The molecule has 1 heterocycles. The Kier molecular flexibility index (Phi) is 5.36. The van der Waals surface area contributed by atoms with E-state index in [2.05, 4.69) is 12.1 Å². The number of carbonyl (C=O) groups excluding carboxylic acids is 1. The number of benzene rings is 3. The van der Waals surface area contributed by atoms with E-state index in [0.717, 1.165) is 30.5 Å². The smallest absolute Gasteiger partial charge is 0.233 e. The van der Waals surface area contributed by atoms with Crippen LogP contribution in [0.1, 0.15) is 30.0 Å². The Balaban J connectivity index is 1.53. The summed E-state index contributed by atoms with van der Waals surface area (Å²) in [7, 11) is 0. The molecule has 142 valence electrons. The maximum Gasteiger partial charge on any atom is 0.233 e. The largest absolute Gasteiger partial charge is 0.508 e. The first-order chi connectivity index (χ1) is 13.6. The number of hydrogen-bond donors (Lipinski definition) is 1. The van der Waals surface area contributed by atoms with Crippen LogP contribution in [0.15, 0.2) is 78.9 Å². The quantitative estimate of drug-likeness (QED) is 0.541. The fraction of sp³-hybridized carbons (Fsp3) is 0.208. The Hall–Kier alpha value is -2.78. The maximum atomic E-state index is 13.0. The molecule has 1 saturated heterocycles. The number of carbonyl (C=O) groups is 1. The van der Waals surface area contributed by atoms with Gasteiger partial charge in [0.15, 0.2) is 0 Å². The molecule has 0 radical (unpaired) electrons. The van der Waals surface area contributed by atoms with E-state index in [1.54, 1.807) is 24.3 Å². The summed E-state index contributed by atoms with van der Waals surface area (Å²) in [5, 5.41) is 10.3. The lowest BCUT2D eigenvalue weighted by Gasteiger charge is -2.47. The standard InChI is InChI=1S/C24H22ClNO2/c25-19-11-9-18(10-12-19)23-22(8-4-7-17-5-2-1-3-6-17)24(28)26(23)20-13-15-21(27)16-14-20/h1-3,5-6,9-16,22-23,27H,4,7-8H2/t22-,23-/m1/s1. The van der Waals surface area contributed by atoms with E-state index in [1.165, 1.54) is 5.56 Å². The second kappa shape index (κ2) is 8.07. The number of anilines is 1. The summed E-state index contributed by atoms with van der Waals surface area (Å²) in [5.74, 6) is 0.288. The number of hydrogen-bond acceptors (Lipinski definition) is 2. The number of aryl methyl sites for hydroxylation is 1. The molecule has 3 aromatic rings. The molecule has 2 atom stereocenters. The van der Waals surface area contributed by atoms with Crippen LogP contribution < -0.4 is 4.90 Å². The van der Waals surface area contributed by atoms with Crippen molar-refractivity contribution in [3.63, 3.8) is 0 Å². The van der Waals surface area contributed by atoms with Crippen LogP contribution in [-0.4, -0.2) is 11.0 Å². The predicted octanol–water partition coefficient (Wildman–Crippen LogP) is 5.77. The molecular weight excluding hydrogens is 370 g/mol. The van der Waals surface area contributed by atoms with Gasteiger partial charge in [-0.2, -0.15) is 0 Å². The Labute approximate surface area is 170 Å². The SMILES string of the molecule is O=C1[C@H](CCCc2ccccc2)[C@@H](c2ccc(Cl)cc2)N1c1ccc(O)cc1. The van der Waals surface area contributed by atoms with Gasteiger partial charge in [-0.1, -0.05) is 54.1 Å². The van der Waals surface area contributed by atoms with Gasteiger partial charge in [0.25, 0.3) is 0 Å². The minimum atomic E-state index is -0.0429. The highest BCUT2D eigenvalue weighted by Gasteiger charge is 2.48. The van der Waals surface area contributed by atoms with Gasteiger partial charge in [-0.15, -0.1) is 0 Å². The fourth-order valence-corrected chi connectivity index (χ4v) is 4.07. The second-order valence-corrected chi connectivity index (χ2v) is 7.64. The van der Waals surface area contributed by atoms with E-state index >= 15 is 0 Å². The number of halogens is 1. The van der Waals surface area contributed by atoms with Crippen molar-refractivity contribution in [3.8, 4) is 5.75 Å². The molecule has 1 aliphatic heterocycles. The summed E-state index contributed by atoms with van der Waals surface area (Å²) < 4.78 is 0. The topological polar surface area (TPSA) is 40.5 Å². The average molecular weight is 392 g/mol. The van der Waals surface area contributed by atoms with Crippen molar-refractivity contribution in [3.05, 3.63) is 95.0 Å². The number of rotatable bonds is 6. The van der Waals surface area contributed by atoms with Gasteiger partial charge < -0.3 is 10.0 Å². The predicted molar refractivity (Wildman–Crippen MR) is 113 cm³/mol. The maximum absolute atomic E-state index is 13.0. The number of phenols is 1. The monoisotopic (exact) mass is 391 g/mol. The minimum absolute atomic E-state index is 0.00918. The van der Waals surface area contributed by atoms with Gasteiger partial charge in [0.05, 0.1) is 12.0 Å². The molecule has 1 aliphatic rings. The van der Waals surface area contributed by atoms with Crippen molar-refractivity contribution >= 4 is 23.2 Å². The van der Waals surface area contributed by atoms with E-state index in [0.29, 0.717) is 5.02 Å². The van der Waals surface area contributed by atoms with Gasteiger partial charge in [0.2, 0.25) is 5.91 Å². The molecule has 4 rings (SSSR count).